The largest absolute Gasteiger partial charge is 0.365 e. The third kappa shape index (κ3) is 5.04. The molecule has 0 atom stereocenters. The van der Waals surface area contributed by atoms with Crippen molar-refractivity contribution in [1.82, 2.24) is 15.3 Å². The summed E-state index contributed by atoms with van der Waals surface area (Å²) in [6.07, 6.45) is 3.03. The van der Waals surface area contributed by atoms with E-state index < -0.39 is 0 Å². The number of aryl methyl sites for hydroxylation is 1. The molecule has 5 nitrogen and oxygen atoms in total. The van der Waals surface area contributed by atoms with Gasteiger partial charge in [0.25, 0.3) is 5.91 Å². The van der Waals surface area contributed by atoms with E-state index in [1.807, 2.05) is 24.3 Å². The van der Waals surface area contributed by atoms with E-state index in [2.05, 4.69) is 39.7 Å². The molecule has 0 aliphatic heterocycles. The number of anilines is 1. The van der Waals surface area contributed by atoms with Gasteiger partial charge in [-0.05, 0) is 30.2 Å². The molecule has 0 aliphatic carbocycles. The molecule has 0 aliphatic rings. The van der Waals surface area contributed by atoms with Crippen LogP contribution in [-0.4, -0.2) is 15.9 Å². The summed E-state index contributed by atoms with van der Waals surface area (Å²) >= 11 is 5.85. The summed E-state index contributed by atoms with van der Waals surface area (Å²) in [5.74, 6) is 0.360. The van der Waals surface area contributed by atoms with E-state index >= 15 is 0 Å². The predicted molar refractivity (Wildman–Crippen MR) is 103 cm³/mol. The number of halogens is 1. The number of rotatable bonds is 6. The molecule has 2 aromatic carbocycles. The molecule has 0 bridgehead atoms. The van der Waals surface area contributed by atoms with Gasteiger partial charge in [0.1, 0.15) is 11.5 Å². The summed E-state index contributed by atoms with van der Waals surface area (Å²) < 4.78 is 0. The Labute approximate surface area is 157 Å². The third-order valence-electron chi connectivity index (χ3n) is 3.81. The Morgan fingerprint density at radius 3 is 2.50 bits per heavy atom. The number of aromatic nitrogens is 2. The summed E-state index contributed by atoms with van der Waals surface area (Å²) in [5.41, 5.74) is 3.62. The highest BCUT2D eigenvalue weighted by Gasteiger charge is 2.08. The van der Waals surface area contributed by atoms with Crippen LogP contribution in [0, 0.1) is 6.92 Å². The van der Waals surface area contributed by atoms with E-state index in [4.69, 9.17) is 11.6 Å². The van der Waals surface area contributed by atoms with Crippen molar-refractivity contribution >= 4 is 23.3 Å². The number of carbonyl (C=O) groups is 1. The predicted octanol–water partition coefficient (Wildman–Crippen LogP) is 3.98. The first-order chi connectivity index (χ1) is 12.6. The minimum atomic E-state index is -0.266. The Morgan fingerprint density at radius 1 is 1.00 bits per heavy atom. The number of nitrogens with zero attached hydrogens (tertiary/aromatic N) is 2. The zero-order valence-electron chi connectivity index (χ0n) is 14.4. The maximum absolute atomic E-state index is 12.2. The summed E-state index contributed by atoms with van der Waals surface area (Å²) in [7, 11) is 0. The van der Waals surface area contributed by atoms with Gasteiger partial charge in [0, 0.05) is 18.1 Å². The number of benzene rings is 2. The Hall–Kier alpha value is -2.92. The molecule has 2 N–H and O–H groups in total. The lowest BCUT2D eigenvalue weighted by Crippen LogP contribution is -2.24. The van der Waals surface area contributed by atoms with Gasteiger partial charge < -0.3 is 10.6 Å². The highest BCUT2D eigenvalue weighted by molar-refractivity contribution is 6.30. The topological polar surface area (TPSA) is 66.9 Å². The van der Waals surface area contributed by atoms with Crippen LogP contribution in [0.1, 0.15) is 27.2 Å². The molecule has 1 amide bonds. The normalized spacial score (nSPS) is 10.4. The molecular formula is C20H19ClN4O. The molecule has 0 fully saturated rings. The average molecular weight is 367 g/mol. The van der Waals surface area contributed by atoms with Gasteiger partial charge in [-0.3, -0.25) is 4.79 Å². The highest BCUT2D eigenvalue weighted by Crippen LogP contribution is 2.10. The second-order valence-corrected chi connectivity index (χ2v) is 6.38. The van der Waals surface area contributed by atoms with E-state index in [1.54, 1.807) is 18.3 Å². The Bertz CT molecular complexity index is 879. The van der Waals surface area contributed by atoms with Crippen LogP contribution < -0.4 is 10.6 Å². The zero-order chi connectivity index (χ0) is 18.4. The summed E-state index contributed by atoms with van der Waals surface area (Å²) in [4.78, 5) is 20.6. The molecule has 26 heavy (non-hydrogen) atoms. The van der Waals surface area contributed by atoms with E-state index in [0.717, 1.165) is 11.1 Å². The Morgan fingerprint density at radius 2 is 1.81 bits per heavy atom. The molecular weight excluding hydrogens is 348 g/mol. The van der Waals surface area contributed by atoms with Crippen molar-refractivity contribution in [3.63, 3.8) is 0 Å². The second kappa shape index (κ2) is 8.45. The molecule has 3 rings (SSSR count). The van der Waals surface area contributed by atoms with Gasteiger partial charge in [0.2, 0.25) is 0 Å². The fourth-order valence-corrected chi connectivity index (χ4v) is 2.55. The van der Waals surface area contributed by atoms with Crippen LogP contribution in [0.2, 0.25) is 5.02 Å². The van der Waals surface area contributed by atoms with Crippen molar-refractivity contribution in [2.75, 3.05) is 5.32 Å². The summed E-state index contributed by atoms with van der Waals surface area (Å²) in [6.45, 7) is 3.12. The van der Waals surface area contributed by atoms with Crippen LogP contribution in [0.25, 0.3) is 0 Å². The van der Waals surface area contributed by atoms with Crippen molar-refractivity contribution in [2.45, 2.75) is 20.0 Å². The lowest BCUT2D eigenvalue weighted by Gasteiger charge is -2.08. The molecule has 132 valence electrons. The summed E-state index contributed by atoms with van der Waals surface area (Å²) in [6, 6.07) is 15.5. The van der Waals surface area contributed by atoms with Crippen LogP contribution in [0.15, 0.2) is 60.9 Å². The molecule has 3 aromatic rings. The first-order valence-electron chi connectivity index (χ1n) is 8.24. The van der Waals surface area contributed by atoms with Gasteiger partial charge in [-0.15, -0.1) is 0 Å². The number of carbonyl (C=O) groups excluding carboxylic acids is 1. The lowest BCUT2D eigenvalue weighted by atomic mass is 10.1. The monoisotopic (exact) mass is 366 g/mol. The molecule has 0 unspecified atom stereocenters. The molecule has 0 radical (unpaired) electrons. The van der Waals surface area contributed by atoms with Crippen LogP contribution in [0.3, 0.4) is 0 Å². The van der Waals surface area contributed by atoms with Crippen LogP contribution in [0.5, 0.6) is 0 Å². The van der Waals surface area contributed by atoms with Crippen molar-refractivity contribution in [2.24, 2.45) is 0 Å². The molecule has 6 heteroatoms. The quantitative estimate of drug-likeness (QED) is 0.692. The van der Waals surface area contributed by atoms with Crippen molar-refractivity contribution < 1.29 is 4.79 Å². The fraction of sp³-hybridized carbons (Fsp3) is 0.150. The van der Waals surface area contributed by atoms with Crippen molar-refractivity contribution in [3.05, 3.63) is 88.3 Å². The Balaban J connectivity index is 1.53. The molecule has 1 heterocycles. The van der Waals surface area contributed by atoms with Crippen LogP contribution in [-0.2, 0) is 13.1 Å². The third-order valence-corrected chi connectivity index (χ3v) is 4.06. The van der Waals surface area contributed by atoms with Gasteiger partial charge in [0.05, 0.1) is 12.4 Å². The highest BCUT2D eigenvalue weighted by atomic mass is 35.5. The first kappa shape index (κ1) is 17.9. The van der Waals surface area contributed by atoms with Crippen molar-refractivity contribution in [3.8, 4) is 0 Å². The number of hydrogen-bond donors (Lipinski definition) is 2. The molecule has 0 spiro atoms. The Kier molecular flexibility index (Phi) is 5.81. The molecule has 1 aromatic heterocycles. The molecule has 0 saturated heterocycles. The van der Waals surface area contributed by atoms with Gasteiger partial charge >= 0.3 is 0 Å². The van der Waals surface area contributed by atoms with Crippen LogP contribution >= 0.6 is 11.6 Å². The second-order valence-electron chi connectivity index (χ2n) is 5.94. The van der Waals surface area contributed by atoms with Gasteiger partial charge in [-0.2, -0.15) is 0 Å². The van der Waals surface area contributed by atoms with Gasteiger partial charge in [-0.25, -0.2) is 9.97 Å². The SMILES string of the molecule is Cc1cccc(CNc2cnc(C(=O)NCc3ccc(Cl)cc3)cn2)c1. The minimum absolute atomic E-state index is 0.266. The molecule has 0 saturated carbocycles. The van der Waals surface area contributed by atoms with Gasteiger partial charge in [0.15, 0.2) is 0 Å². The number of amides is 1. The standard InChI is InChI=1S/C20H19ClN4O/c1-14-3-2-4-16(9-14)11-23-19-13-22-18(12-24-19)20(26)25-10-15-5-7-17(21)8-6-15/h2-9,12-13H,10-11H2,1H3,(H,23,24)(H,25,26). The number of hydrogen-bond acceptors (Lipinski definition) is 4. The minimum Gasteiger partial charge on any atom is -0.365 e. The van der Waals surface area contributed by atoms with Gasteiger partial charge in [-0.1, -0.05) is 53.6 Å². The van der Waals surface area contributed by atoms with Crippen LogP contribution in [0.4, 0.5) is 5.82 Å². The average Bonchev–Trinajstić information content (AvgIpc) is 2.66. The van der Waals surface area contributed by atoms with E-state index in [9.17, 15) is 4.79 Å². The van der Waals surface area contributed by atoms with E-state index in [1.165, 1.54) is 11.8 Å². The zero-order valence-corrected chi connectivity index (χ0v) is 15.1. The smallest absolute Gasteiger partial charge is 0.271 e. The maximum atomic E-state index is 12.2. The lowest BCUT2D eigenvalue weighted by molar-refractivity contribution is 0.0945. The van der Waals surface area contributed by atoms with E-state index in [0.29, 0.717) is 23.9 Å². The van der Waals surface area contributed by atoms with Crippen molar-refractivity contribution in [1.29, 1.82) is 0 Å². The maximum Gasteiger partial charge on any atom is 0.271 e. The first-order valence-corrected chi connectivity index (χ1v) is 8.62. The van der Waals surface area contributed by atoms with E-state index in [-0.39, 0.29) is 11.6 Å². The fourth-order valence-electron chi connectivity index (χ4n) is 2.43. The summed E-state index contributed by atoms with van der Waals surface area (Å²) in [5, 5.41) is 6.68. The number of nitrogens with one attached hydrogen (secondary N) is 2.